The van der Waals surface area contributed by atoms with E-state index in [-0.39, 0.29) is 41.6 Å². The van der Waals surface area contributed by atoms with E-state index in [4.69, 9.17) is 21.5 Å². The van der Waals surface area contributed by atoms with E-state index in [0.29, 0.717) is 24.6 Å². The maximum absolute atomic E-state index is 13.3. The topological polar surface area (TPSA) is 105 Å². The fourth-order valence-corrected chi connectivity index (χ4v) is 5.60. The highest BCUT2D eigenvalue weighted by Crippen LogP contribution is 2.37. The predicted molar refractivity (Wildman–Crippen MR) is 112 cm³/mol. The molecule has 3 rings (SSSR count). The Balaban J connectivity index is 0.00000320. The van der Waals surface area contributed by atoms with Gasteiger partial charge in [0.25, 0.3) is 0 Å². The molecule has 1 aliphatic rings. The minimum absolute atomic E-state index is 0. The van der Waals surface area contributed by atoms with Crippen molar-refractivity contribution in [3.8, 4) is 11.5 Å². The van der Waals surface area contributed by atoms with Gasteiger partial charge in [0.15, 0.2) is 9.84 Å². The van der Waals surface area contributed by atoms with Crippen LogP contribution < -0.4 is 15.5 Å². The number of carbonyl (C=O) groups excluding carboxylic acids is 1. The van der Waals surface area contributed by atoms with Gasteiger partial charge in [0, 0.05) is 12.5 Å². The Morgan fingerprint density at radius 3 is 2.33 bits per heavy atom. The molecular formula is C19H21Cl2FN2O5S. The summed E-state index contributed by atoms with van der Waals surface area (Å²) >= 11 is 5.73. The molecule has 3 N–H and O–H groups in total. The van der Waals surface area contributed by atoms with Crippen molar-refractivity contribution in [1.82, 2.24) is 10.8 Å². The van der Waals surface area contributed by atoms with Gasteiger partial charge < -0.3 is 10.1 Å². The Hall–Kier alpha value is -1.91. The van der Waals surface area contributed by atoms with E-state index in [1.54, 1.807) is 0 Å². The molecular weight excluding hydrogens is 458 g/mol. The van der Waals surface area contributed by atoms with Crippen molar-refractivity contribution >= 4 is 39.8 Å². The van der Waals surface area contributed by atoms with Gasteiger partial charge in [0.1, 0.15) is 17.3 Å². The summed E-state index contributed by atoms with van der Waals surface area (Å²) in [5, 5.41) is 11.9. The number of rotatable bonds is 6. The van der Waals surface area contributed by atoms with Crippen LogP contribution in [0.5, 0.6) is 11.5 Å². The number of benzene rings is 2. The number of ether oxygens (including phenoxy) is 1. The van der Waals surface area contributed by atoms with Crippen molar-refractivity contribution in [1.29, 1.82) is 0 Å². The first-order chi connectivity index (χ1) is 13.8. The predicted octanol–water partition coefficient (Wildman–Crippen LogP) is 3.48. The van der Waals surface area contributed by atoms with E-state index < -0.39 is 26.3 Å². The lowest BCUT2D eigenvalue weighted by molar-refractivity contribution is -0.130. The summed E-state index contributed by atoms with van der Waals surface area (Å²) in [5.74, 6) is -0.663. The van der Waals surface area contributed by atoms with E-state index in [1.165, 1.54) is 47.9 Å². The normalized spacial score (nSPS) is 15.7. The molecule has 0 aromatic heterocycles. The monoisotopic (exact) mass is 478 g/mol. The molecule has 2 aromatic carbocycles. The third-order valence-electron chi connectivity index (χ3n) is 4.95. The van der Waals surface area contributed by atoms with Gasteiger partial charge in [-0.1, -0.05) is 11.6 Å². The molecule has 0 aliphatic carbocycles. The molecule has 1 saturated heterocycles. The zero-order valence-corrected chi connectivity index (χ0v) is 18.1. The molecule has 7 nitrogen and oxygen atoms in total. The average molecular weight is 479 g/mol. The number of nitrogens with one attached hydrogen (secondary N) is 2. The van der Waals surface area contributed by atoms with Gasteiger partial charge in [-0.05, 0) is 62.3 Å². The van der Waals surface area contributed by atoms with Crippen LogP contribution >= 0.6 is 24.0 Å². The molecule has 1 amide bonds. The molecule has 164 valence electrons. The van der Waals surface area contributed by atoms with Crippen LogP contribution in [0.15, 0.2) is 47.4 Å². The van der Waals surface area contributed by atoms with Gasteiger partial charge in [-0.25, -0.2) is 18.3 Å². The molecule has 1 aliphatic heterocycles. The van der Waals surface area contributed by atoms with Crippen LogP contribution in [0.2, 0.25) is 5.02 Å². The van der Waals surface area contributed by atoms with Crippen LogP contribution in [-0.2, 0) is 14.6 Å². The Morgan fingerprint density at radius 1 is 1.17 bits per heavy atom. The number of piperidine rings is 1. The highest BCUT2D eigenvalue weighted by molar-refractivity contribution is 7.92. The molecule has 11 heteroatoms. The van der Waals surface area contributed by atoms with Gasteiger partial charge in [0.2, 0.25) is 5.91 Å². The summed E-state index contributed by atoms with van der Waals surface area (Å²) in [6, 6.07) is 9.65. The fraction of sp³-hybridized carbons (Fsp3) is 0.316. The zero-order valence-electron chi connectivity index (χ0n) is 15.7. The van der Waals surface area contributed by atoms with Gasteiger partial charge >= 0.3 is 0 Å². The van der Waals surface area contributed by atoms with Gasteiger partial charge in [0.05, 0.1) is 14.7 Å². The molecule has 0 radical (unpaired) electrons. The number of hydroxylamine groups is 1. The minimum atomic E-state index is -3.87. The number of halogens is 3. The van der Waals surface area contributed by atoms with E-state index in [2.05, 4.69) is 5.32 Å². The van der Waals surface area contributed by atoms with E-state index in [9.17, 15) is 17.6 Å². The molecule has 1 heterocycles. The van der Waals surface area contributed by atoms with Crippen molar-refractivity contribution < 1.29 is 27.5 Å². The maximum atomic E-state index is 13.3. The number of hydrogen-bond donors (Lipinski definition) is 3. The molecule has 0 spiro atoms. The van der Waals surface area contributed by atoms with Crippen LogP contribution in [0.25, 0.3) is 0 Å². The van der Waals surface area contributed by atoms with E-state index in [0.717, 1.165) is 0 Å². The zero-order chi connectivity index (χ0) is 21.1. The van der Waals surface area contributed by atoms with E-state index in [1.807, 2.05) is 0 Å². The number of hydrogen-bond acceptors (Lipinski definition) is 6. The SMILES string of the molecule is Cl.O=C(CC1(S(=O)(=O)c2ccc(Oc3ccc(F)c(Cl)c3)cc2)CCNCC1)NO. The lowest BCUT2D eigenvalue weighted by atomic mass is 9.93. The first-order valence-corrected chi connectivity index (χ1v) is 10.7. The van der Waals surface area contributed by atoms with Crippen LogP contribution in [0, 0.1) is 5.82 Å². The summed E-state index contributed by atoms with van der Waals surface area (Å²) in [5.41, 5.74) is 1.52. The standard InChI is InChI=1S/C19H20ClFN2O5S.ClH/c20-16-11-14(3-6-17(16)21)28-13-1-4-15(5-2-13)29(26,27)19(12-18(24)23-25)7-9-22-10-8-19;/h1-6,11,22,25H,7-10,12H2,(H,23,24);1H. The summed E-state index contributed by atoms with van der Waals surface area (Å²) in [7, 11) is -3.87. The van der Waals surface area contributed by atoms with Crippen LogP contribution in [0.3, 0.4) is 0 Å². The second-order valence-electron chi connectivity index (χ2n) is 6.80. The Morgan fingerprint density at radius 2 is 1.77 bits per heavy atom. The van der Waals surface area contributed by atoms with Crippen LogP contribution in [0.1, 0.15) is 19.3 Å². The minimum Gasteiger partial charge on any atom is -0.457 e. The molecule has 1 fully saturated rings. The third kappa shape index (κ3) is 5.04. The highest BCUT2D eigenvalue weighted by atomic mass is 35.5. The van der Waals surface area contributed by atoms with Crippen molar-refractivity contribution in [3.63, 3.8) is 0 Å². The molecule has 0 atom stereocenters. The third-order valence-corrected chi connectivity index (χ3v) is 7.83. The second kappa shape index (κ2) is 9.93. The van der Waals surface area contributed by atoms with E-state index >= 15 is 0 Å². The summed E-state index contributed by atoms with van der Waals surface area (Å²) < 4.78 is 44.2. The number of carbonyl (C=O) groups is 1. The second-order valence-corrected chi connectivity index (χ2v) is 9.55. The quantitative estimate of drug-likeness (QED) is 0.433. The molecule has 30 heavy (non-hydrogen) atoms. The molecule has 0 bridgehead atoms. The fourth-order valence-electron chi connectivity index (χ4n) is 3.37. The first-order valence-electron chi connectivity index (χ1n) is 8.89. The summed E-state index contributed by atoms with van der Waals surface area (Å²) in [6.07, 6.45) is 0.157. The smallest absolute Gasteiger partial charge is 0.244 e. The van der Waals surface area contributed by atoms with Gasteiger partial charge in [-0.3, -0.25) is 10.0 Å². The van der Waals surface area contributed by atoms with Crippen molar-refractivity contribution in [3.05, 3.63) is 53.3 Å². The Bertz CT molecular complexity index is 996. The highest BCUT2D eigenvalue weighted by Gasteiger charge is 2.46. The Kier molecular flexibility index (Phi) is 8.06. The molecule has 2 aromatic rings. The lowest BCUT2D eigenvalue weighted by Crippen LogP contribution is -2.50. The van der Waals surface area contributed by atoms with Crippen molar-refractivity contribution in [2.75, 3.05) is 13.1 Å². The maximum Gasteiger partial charge on any atom is 0.244 e. The number of sulfone groups is 1. The van der Waals surface area contributed by atoms with Crippen molar-refractivity contribution in [2.45, 2.75) is 28.9 Å². The first kappa shape index (κ1) is 24.4. The average Bonchev–Trinajstić information content (AvgIpc) is 2.71. The molecule has 0 unspecified atom stereocenters. The summed E-state index contributed by atoms with van der Waals surface area (Å²) in [6.45, 7) is 0.898. The van der Waals surface area contributed by atoms with Gasteiger partial charge in [-0.2, -0.15) is 0 Å². The van der Waals surface area contributed by atoms with Crippen LogP contribution in [0.4, 0.5) is 4.39 Å². The number of amides is 1. The van der Waals surface area contributed by atoms with Gasteiger partial charge in [-0.15, -0.1) is 12.4 Å². The van der Waals surface area contributed by atoms with Crippen LogP contribution in [-0.4, -0.2) is 37.4 Å². The van der Waals surface area contributed by atoms with Crippen molar-refractivity contribution in [2.24, 2.45) is 0 Å². The lowest BCUT2D eigenvalue weighted by Gasteiger charge is -2.36. The summed E-state index contributed by atoms with van der Waals surface area (Å²) in [4.78, 5) is 11.8. The Labute approximate surface area is 184 Å². The largest absolute Gasteiger partial charge is 0.457 e. The molecule has 0 saturated carbocycles.